The maximum absolute atomic E-state index is 11.5. The maximum Gasteiger partial charge on any atom is 0.240 e. The molecule has 4 nitrogen and oxygen atoms in total. The minimum Gasteiger partial charge on any atom is -0.341 e. The maximum atomic E-state index is 11.5. The van der Waals surface area contributed by atoms with Crippen LogP contribution >= 0.6 is 0 Å². The van der Waals surface area contributed by atoms with Gasteiger partial charge in [-0.1, -0.05) is 12.1 Å². The van der Waals surface area contributed by atoms with Crippen molar-refractivity contribution in [1.82, 2.24) is 9.88 Å². The Labute approximate surface area is 99.5 Å². The number of hydrogen-bond donors (Lipinski definition) is 1. The van der Waals surface area contributed by atoms with Crippen LogP contribution in [-0.2, 0) is 11.3 Å². The van der Waals surface area contributed by atoms with Crippen molar-refractivity contribution in [2.24, 2.45) is 0 Å². The van der Waals surface area contributed by atoms with Crippen LogP contribution in [0.2, 0.25) is 0 Å². The molecule has 1 aromatic carbocycles. The fourth-order valence-corrected chi connectivity index (χ4v) is 1.78. The molecule has 1 N–H and O–H groups in total. The average molecular weight is 227 g/mol. The topological polar surface area (TPSA) is 57.8 Å². The van der Waals surface area contributed by atoms with E-state index in [1.807, 2.05) is 48.0 Å². The zero-order valence-electron chi connectivity index (χ0n) is 9.60. The van der Waals surface area contributed by atoms with Gasteiger partial charge in [-0.15, -0.1) is 0 Å². The van der Waals surface area contributed by atoms with E-state index in [-0.39, 0.29) is 19.0 Å². The van der Waals surface area contributed by atoms with Crippen LogP contribution in [0.4, 0.5) is 0 Å². The molecule has 0 radical (unpaired) electrons. The molecule has 0 aliphatic rings. The van der Waals surface area contributed by atoms with Gasteiger partial charge in [0.05, 0.1) is 6.07 Å². The largest absolute Gasteiger partial charge is 0.341 e. The number of carbonyl (C=O) groups is 1. The minimum absolute atomic E-state index is 0.0526. The van der Waals surface area contributed by atoms with Gasteiger partial charge >= 0.3 is 0 Å². The molecule has 2 aromatic rings. The molecule has 1 heterocycles. The van der Waals surface area contributed by atoms with Crippen molar-refractivity contribution < 1.29 is 4.79 Å². The number of aromatic nitrogens is 1. The van der Waals surface area contributed by atoms with E-state index in [1.165, 1.54) is 0 Å². The lowest BCUT2D eigenvalue weighted by atomic mass is 10.2. The van der Waals surface area contributed by atoms with E-state index in [0.29, 0.717) is 0 Å². The second kappa shape index (κ2) is 4.71. The van der Waals surface area contributed by atoms with Gasteiger partial charge in [-0.05, 0) is 30.0 Å². The Balaban J connectivity index is 2.22. The fraction of sp³-hybridized carbons (Fsp3) is 0.231. The van der Waals surface area contributed by atoms with Gasteiger partial charge in [0.1, 0.15) is 13.1 Å². The summed E-state index contributed by atoms with van der Waals surface area (Å²) in [5.41, 5.74) is 2.20. The highest BCUT2D eigenvalue weighted by Crippen LogP contribution is 2.17. The second-order valence-electron chi connectivity index (χ2n) is 3.94. The molecule has 0 unspecified atom stereocenters. The van der Waals surface area contributed by atoms with E-state index in [2.05, 4.69) is 5.32 Å². The van der Waals surface area contributed by atoms with Gasteiger partial charge in [0.2, 0.25) is 5.91 Å². The molecule has 1 amide bonds. The lowest BCUT2D eigenvalue weighted by molar-refractivity contribution is -0.121. The van der Waals surface area contributed by atoms with Gasteiger partial charge < -0.3 is 9.88 Å². The van der Waals surface area contributed by atoms with E-state index in [4.69, 9.17) is 5.26 Å². The van der Waals surface area contributed by atoms with Crippen LogP contribution in [0.1, 0.15) is 5.56 Å². The van der Waals surface area contributed by atoms with Crippen LogP contribution < -0.4 is 5.32 Å². The predicted octanol–water partition coefficient (Wildman–Crippen LogP) is 1.59. The summed E-state index contributed by atoms with van der Waals surface area (Å²) in [5, 5.41) is 12.0. The Kier molecular flexibility index (Phi) is 3.10. The molecule has 0 atom stereocenters. The van der Waals surface area contributed by atoms with Crippen molar-refractivity contribution in [2.45, 2.75) is 13.5 Å². The third kappa shape index (κ3) is 2.45. The van der Waals surface area contributed by atoms with Gasteiger partial charge in [-0.25, -0.2) is 0 Å². The van der Waals surface area contributed by atoms with Crippen molar-refractivity contribution in [3.8, 4) is 6.07 Å². The number of aryl methyl sites for hydroxylation is 1. The summed E-state index contributed by atoms with van der Waals surface area (Å²) in [5.74, 6) is -0.148. The normalized spacial score (nSPS) is 10.1. The molecule has 1 aromatic heterocycles. The molecule has 0 saturated heterocycles. The Morgan fingerprint density at radius 2 is 2.29 bits per heavy atom. The van der Waals surface area contributed by atoms with E-state index in [0.717, 1.165) is 16.5 Å². The number of benzene rings is 1. The van der Waals surface area contributed by atoms with E-state index < -0.39 is 0 Å². The summed E-state index contributed by atoms with van der Waals surface area (Å²) < 4.78 is 1.88. The zero-order chi connectivity index (χ0) is 12.3. The summed E-state index contributed by atoms with van der Waals surface area (Å²) in [6.45, 7) is 2.32. The lowest BCUT2D eigenvalue weighted by Crippen LogP contribution is -2.27. The van der Waals surface area contributed by atoms with E-state index in [9.17, 15) is 4.79 Å². The summed E-state index contributed by atoms with van der Waals surface area (Å²) in [7, 11) is 0. The van der Waals surface area contributed by atoms with Gasteiger partial charge in [0.15, 0.2) is 0 Å². The number of nitrogens with zero attached hydrogens (tertiary/aromatic N) is 2. The Bertz CT molecular complexity index is 592. The average Bonchev–Trinajstić information content (AvgIpc) is 2.69. The Hall–Kier alpha value is -2.28. The van der Waals surface area contributed by atoms with Crippen molar-refractivity contribution in [3.05, 3.63) is 36.0 Å². The van der Waals surface area contributed by atoms with Crippen molar-refractivity contribution in [1.29, 1.82) is 5.26 Å². The minimum atomic E-state index is -0.148. The molecule has 2 rings (SSSR count). The Morgan fingerprint density at radius 1 is 1.47 bits per heavy atom. The number of hydrogen-bond acceptors (Lipinski definition) is 2. The summed E-state index contributed by atoms with van der Waals surface area (Å²) in [6, 6.07) is 9.99. The number of fused-ring (bicyclic) bond motifs is 1. The zero-order valence-corrected chi connectivity index (χ0v) is 9.60. The van der Waals surface area contributed by atoms with Crippen LogP contribution in [0.25, 0.3) is 10.9 Å². The summed E-state index contributed by atoms with van der Waals surface area (Å²) >= 11 is 0. The molecule has 86 valence electrons. The summed E-state index contributed by atoms with van der Waals surface area (Å²) in [4.78, 5) is 11.5. The molecule has 0 aliphatic heterocycles. The number of rotatable bonds is 3. The van der Waals surface area contributed by atoms with E-state index in [1.54, 1.807) is 0 Å². The highest BCUT2D eigenvalue weighted by Gasteiger charge is 2.05. The predicted molar refractivity (Wildman–Crippen MR) is 65.3 cm³/mol. The van der Waals surface area contributed by atoms with Crippen LogP contribution in [0, 0.1) is 18.3 Å². The molecule has 0 aliphatic carbocycles. The first-order valence-electron chi connectivity index (χ1n) is 5.40. The quantitative estimate of drug-likeness (QED) is 0.809. The third-order valence-electron chi connectivity index (χ3n) is 2.61. The molecule has 0 saturated carbocycles. The summed E-state index contributed by atoms with van der Waals surface area (Å²) in [6.07, 6.45) is 1.88. The number of carbonyl (C=O) groups excluding carboxylic acids is 1. The third-order valence-corrected chi connectivity index (χ3v) is 2.61. The van der Waals surface area contributed by atoms with Crippen LogP contribution in [0.5, 0.6) is 0 Å². The van der Waals surface area contributed by atoms with Crippen molar-refractivity contribution in [2.75, 3.05) is 6.54 Å². The standard InChI is InChI=1S/C13H13N3O/c1-10-2-3-11-4-7-16(12(11)8-10)9-13(17)15-6-5-14/h2-4,7-8H,6,9H2,1H3,(H,15,17). The molecule has 0 spiro atoms. The first-order chi connectivity index (χ1) is 8.20. The van der Waals surface area contributed by atoms with Crippen LogP contribution in [0.15, 0.2) is 30.5 Å². The first-order valence-corrected chi connectivity index (χ1v) is 5.40. The second-order valence-corrected chi connectivity index (χ2v) is 3.94. The first kappa shape index (κ1) is 11.2. The monoisotopic (exact) mass is 227 g/mol. The van der Waals surface area contributed by atoms with Crippen molar-refractivity contribution >= 4 is 16.8 Å². The SMILES string of the molecule is Cc1ccc2ccn(CC(=O)NCC#N)c2c1. The molecule has 0 bridgehead atoms. The van der Waals surface area contributed by atoms with Gasteiger partial charge in [-0.2, -0.15) is 5.26 Å². The van der Waals surface area contributed by atoms with Gasteiger partial charge in [0.25, 0.3) is 0 Å². The molecular formula is C13H13N3O. The van der Waals surface area contributed by atoms with Crippen molar-refractivity contribution in [3.63, 3.8) is 0 Å². The van der Waals surface area contributed by atoms with Gasteiger partial charge in [0, 0.05) is 11.7 Å². The number of nitriles is 1. The fourth-order valence-electron chi connectivity index (χ4n) is 1.78. The molecule has 0 fully saturated rings. The highest BCUT2D eigenvalue weighted by atomic mass is 16.1. The smallest absolute Gasteiger partial charge is 0.240 e. The highest BCUT2D eigenvalue weighted by molar-refractivity contribution is 5.83. The van der Waals surface area contributed by atoms with Crippen LogP contribution in [-0.4, -0.2) is 17.0 Å². The number of nitrogens with one attached hydrogen (secondary N) is 1. The molecular weight excluding hydrogens is 214 g/mol. The van der Waals surface area contributed by atoms with Crippen LogP contribution in [0.3, 0.4) is 0 Å². The number of amides is 1. The lowest BCUT2D eigenvalue weighted by Gasteiger charge is -2.05. The molecule has 17 heavy (non-hydrogen) atoms. The van der Waals surface area contributed by atoms with Gasteiger partial charge in [-0.3, -0.25) is 4.79 Å². The Morgan fingerprint density at radius 3 is 3.06 bits per heavy atom. The van der Waals surface area contributed by atoms with E-state index >= 15 is 0 Å². The molecule has 4 heteroatoms.